The monoisotopic (exact) mass is 305 g/mol. The Morgan fingerprint density at radius 2 is 2.09 bits per heavy atom. The summed E-state index contributed by atoms with van der Waals surface area (Å²) in [5, 5.41) is 5.98. The highest BCUT2D eigenvalue weighted by Gasteiger charge is 2.10. The summed E-state index contributed by atoms with van der Waals surface area (Å²) in [6, 6.07) is 8.14. The molecule has 1 saturated heterocycles. The van der Waals surface area contributed by atoms with Crippen molar-refractivity contribution in [3.63, 3.8) is 0 Å². The van der Waals surface area contributed by atoms with Crippen LogP contribution in [0.3, 0.4) is 0 Å². The predicted molar refractivity (Wildman–Crippen MR) is 88.9 cm³/mol. The number of piperidine rings is 1. The van der Waals surface area contributed by atoms with Crippen LogP contribution in [0.5, 0.6) is 0 Å². The van der Waals surface area contributed by atoms with Gasteiger partial charge in [0, 0.05) is 25.9 Å². The van der Waals surface area contributed by atoms with Gasteiger partial charge in [-0.1, -0.05) is 18.6 Å². The molecule has 22 heavy (non-hydrogen) atoms. The number of nitrogens with zero attached hydrogens (tertiary/aromatic N) is 1. The molecular formula is C17H27N3O2. The van der Waals surface area contributed by atoms with Crippen molar-refractivity contribution in [1.29, 1.82) is 0 Å². The maximum Gasteiger partial charge on any atom is 0.238 e. The fourth-order valence-corrected chi connectivity index (χ4v) is 2.70. The highest BCUT2D eigenvalue weighted by Crippen LogP contribution is 2.16. The zero-order chi connectivity index (χ0) is 15.6. The van der Waals surface area contributed by atoms with Crippen LogP contribution in [0, 0.1) is 0 Å². The number of carbonyl (C=O) groups excluding carboxylic acids is 1. The molecule has 1 aliphatic rings. The van der Waals surface area contributed by atoms with Crippen LogP contribution < -0.4 is 10.6 Å². The number of carbonyl (C=O) groups is 1. The van der Waals surface area contributed by atoms with Gasteiger partial charge >= 0.3 is 0 Å². The Bertz CT molecular complexity index is 459. The van der Waals surface area contributed by atoms with Gasteiger partial charge in [0.05, 0.1) is 13.2 Å². The molecule has 1 aromatic rings. The van der Waals surface area contributed by atoms with E-state index in [1.54, 1.807) is 7.11 Å². The van der Waals surface area contributed by atoms with Gasteiger partial charge in [-0.2, -0.15) is 0 Å². The first kappa shape index (κ1) is 16.9. The van der Waals surface area contributed by atoms with Gasteiger partial charge in [-0.05, 0) is 43.6 Å². The summed E-state index contributed by atoms with van der Waals surface area (Å²) in [6.07, 6.45) is 3.94. The maximum absolute atomic E-state index is 11.9. The number of hydrogen-bond acceptors (Lipinski definition) is 4. The Hall–Kier alpha value is -1.43. The molecule has 0 aliphatic carbocycles. The first-order valence-corrected chi connectivity index (χ1v) is 8.09. The number of likely N-dealkylation sites (tertiary alicyclic amines) is 1. The van der Waals surface area contributed by atoms with Gasteiger partial charge in [0.25, 0.3) is 0 Å². The Morgan fingerprint density at radius 1 is 1.27 bits per heavy atom. The highest BCUT2D eigenvalue weighted by atomic mass is 16.5. The molecule has 0 aromatic heterocycles. The van der Waals surface area contributed by atoms with E-state index in [9.17, 15) is 4.79 Å². The van der Waals surface area contributed by atoms with Gasteiger partial charge in [-0.3, -0.25) is 9.69 Å². The smallest absolute Gasteiger partial charge is 0.238 e. The lowest BCUT2D eigenvalue weighted by molar-refractivity contribution is -0.115. The van der Waals surface area contributed by atoms with Gasteiger partial charge in [-0.25, -0.2) is 0 Å². The molecule has 122 valence electrons. The molecule has 0 radical (unpaired) electrons. The molecule has 0 bridgehead atoms. The van der Waals surface area contributed by atoms with Crippen molar-refractivity contribution >= 4 is 11.6 Å². The summed E-state index contributed by atoms with van der Waals surface area (Å²) in [5.41, 5.74) is 2.13. The van der Waals surface area contributed by atoms with Crippen molar-refractivity contribution in [3.05, 3.63) is 29.8 Å². The van der Waals surface area contributed by atoms with Crippen molar-refractivity contribution in [2.45, 2.75) is 25.8 Å². The molecular weight excluding hydrogens is 278 g/mol. The Kier molecular flexibility index (Phi) is 7.36. The van der Waals surface area contributed by atoms with E-state index in [0.29, 0.717) is 19.7 Å². The number of ether oxygens (including phenoxy) is 1. The quantitative estimate of drug-likeness (QED) is 0.720. The van der Waals surface area contributed by atoms with Gasteiger partial charge in [0.1, 0.15) is 0 Å². The average Bonchev–Trinajstić information content (AvgIpc) is 2.53. The molecule has 2 rings (SSSR count). The summed E-state index contributed by atoms with van der Waals surface area (Å²) < 4.78 is 4.93. The van der Waals surface area contributed by atoms with Gasteiger partial charge < -0.3 is 15.4 Å². The Balaban J connectivity index is 1.78. The molecule has 0 spiro atoms. The van der Waals surface area contributed by atoms with Gasteiger partial charge in [0.2, 0.25) is 5.91 Å². The van der Waals surface area contributed by atoms with E-state index < -0.39 is 0 Å². The topological polar surface area (TPSA) is 53.6 Å². The van der Waals surface area contributed by atoms with E-state index in [2.05, 4.69) is 27.7 Å². The lowest BCUT2D eigenvalue weighted by Gasteiger charge is -2.26. The third-order valence-electron chi connectivity index (χ3n) is 3.83. The minimum atomic E-state index is -0.0220. The van der Waals surface area contributed by atoms with Crippen molar-refractivity contribution in [2.75, 3.05) is 45.2 Å². The molecule has 0 saturated carbocycles. The summed E-state index contributed by atoms with van der Waals surface area (Å²) in [6.45, 7) is 4.92. The molecule has 5 nitrogen and oxygen atoms in total. The lowest BCUT2D eigenvalue weighted by atomic mass is 10.1. The molecule has 1 fully saturated rings. The number of hydrogen-bond donors (Lipinski definition) is 2. The van der Waals surface area contributed by atoms with Crippen molar-refractivity contribution in [3.8, 4) is 0 Å². The third-order valence-corrected chi connectivity index (χ3v) is 3.83. The highest BCUT2D eigenvalue weighted by molar-refractivity contribution is 5.92. The normalized spacial score (nSPS) is 15.7. The van der Waals surface area contributed by atoms with Crippen LogP contribution in [-0.4, -0.2) is 50.7 Å². The van der Waals surface area contributed by atoms with Crippen LogP contribution in [-0.2, 0) is 16.1 Å². The van der Waals surface area contributed by atoms with E-state index in [-0.39, 0.29) is 5.91 Å². The molecule has 0 unspecified atom stereocenters. The minimum absolute atomic E-state index is 0.0220. The summed E-state index contributed by atoms with van der Waals surface area (Å²) in [7, 11) is 1.65. The van der Waals surface area contributed by atoms with Crippen LogP contribution in [0.1, 0.15) is 24.8 Å². The molecule has 2 N–H and O–H groups in total. The number of benzene rings is 1. The standard InChI is InChI=1S/C17H27N3O2/c1-22-11-8-18-13-17(21)19-16-7-5-6-15(12-16)14-20-9-3-2-4-10-20/h5-7,12,18H,2-4,8-11,13-14H2,1H3,(H,19,21). The summed E-state index contributed by atoms with van der Waals surface area (Å²) >= 11 is 0. The van der Waals surface area contributed by atoms with Crippen LogP contribution in [0.25, 0.3) is 0 Å². The largest absolute Gasteiger partial charge is 0.383 e. The molecule has 1 amide bonds. The lowest BCUT2D eigenvalue weighted by Crippen LogP contribution is -2.30. The fraction of sp³-hybridized carbons (Fsp3) is 0.588. The molecule has 0 atom stereocenters. The number of nitrogens with one attached hydrogen (secondary N) is 2. The molecule has 1 aliphatic heterocycles. The van der Waals surface area contributed by atoms with Crippen molar-refractivity contribution in [1.82, 2.24) is 10.2 Å². The van der Waals surface area contributed by atoms with Crippen LogP contribution in [0.2, 0.25) is 0 Å². The van der Waals surface area contributed by atoms with E-state index in [4.69, 9.17) is 4.74 Å². The molecule has 1 heterocycles. The van der Waals surface area contributed by atoms with Gasteiger partial charge in [-0.15, -0.1) is 0 Å². The van der Waals surface area contributed by atoms with Crippen LogP contribution in [0.4, 0.5) is 5.69 Å². The number of amides is 1. The zero-order valence-corrected chi connectivity index (χ0v) is 13.4. The molecule has 5 heteroatoms. The van der Waals surface area contributed by atoms with E-state index >= 15 is 0 Å². The second kappa shape index (κ2) is 9.56. The average molecular weight is 305 g/mol. The Labute approximate surface area is 133 Å². The first-order chi connectivity index (χ1) is 10.8. The van der Waals surface area contributed by atoms with E-state index in [1.165, 1.54) is 37.9 Å². The fourth-order valence-electron chi connectivity index (χ4n) is 2.70. The first-order valence-electron chi connectivity index (χ1n) is 8.09. The number of anilines is 1. The second-order valence-electron chi connectivity index (χ2n) is 5.75. The molecule has 1 aromatic carbocycles. The van der Waals surface area contributed by atoms with Crippen LogP contribution >= 0.6 is 0 Å². The summed E-state index contributed by atoms with van der Waals surface area (Å²) in [5.74, 6) is -0.0220. The zero-order valence-electron chi connectivity index (χ0n) is 13.4. The Morgan fingerprint density at radius 3 is 2.86 bits per heavy atom. The SMILES string of the molecule is COCCNCC(=O)Nc1cccc(CN2CCCCC2)c1. The predicted octanol–water partition coefficient (Wildman–Crippen LogP) is 1.85. The van der Waals surface area contributed by atoms with E-state index in [0.717, 1.165) is 12.2 Å². The van der Waals surface area contributed by atoms with Crippen molar-refractivity contribution in [2.24, 2.45) is 0 Å². The second-order valence-corrected chi connectivity index (χ2v) is 5.75. The van der Waals surface area contributed by atoms with E-state index in [1.807, 2.05) is 12.1 Å². The van der Waals surface area contributed by atoms with Gasteiger partial charge in [0.15, 0.2) is 0 Å². The third kappa shape index (κ3) is 6.13. The van der Waals surface area contributed by atoms with Crippen molar-refractivity contribution < 1.29 is 9.53 Å². The number of methoxy groups -OCH3 is 1. The van der Waals surface area contributed by atoms with Crippen LogP contribution in [0.15, 0.2) is 24.3 Å². The number of rotatable bonds is 8. The minimum Gasteiger partial charge on any atom is -0.383 e. The summed E-state index contributed by atoms with van der Waals surface area (Å²) in [4.78, 5) is 14.3. The maximum atomic E-state index is 11.9.